The average Bonchev–Trinajstić information content (AvgIpc) is 2.48. The van der Waals surface area contributed by atoms with E-state index in [0.717, 1.165) is 0 Å². The maximum Gasteiger partial charge on any atom is 0.261 e. The van der Waals surface area contributed by atoms with Gasteiger partial charge in [-0.2, -0.15) is 0 Å². The van der Waals surface area contributed by atoms with Gasteiger partial charge in [0.2, 0.25) is 0 Å². The van der Waals surface area contributed by atoms with Crippen LogP contribution in [0.2, 0.25) is 0 Å². The number of hydrogen-bond donors (Lipinski definition) is 0. The molecule has 0 aliphatic carbocycles. The van der Waals surface area contributed by atoms with Crippen molar-refractivity contribution in [2.45, 2.75) is 11.3 Å². The Morgan fingerprint density at radius 2 is 2.15 bits per heavy atom. The normalized spacial score (nSPS) is 15.2. The minimum absolute atomic E-state index is 0.171. The van der Waals surface area contributed by atoms with E-state index in [4.69, 9.17) is 15.4 Å². The van der Waals surface area contributed by atoms with Gasteiger partial charge < -0.3 is 4.74 Å². The van der Waals surface area contributed by atoms with Gasteiger partial charge in [-0.05, 0) is 12.1 Å². The molecule has 0 amide bonds. The third-order valence-electron chi connectivity index (χ3n) is 1.96. The van der Waals surface area contributed by atoms with E-state index in [9.17, 15) is 8.42 Å². The summed E-state index contributed by atoms with van der Waals surface area (Å²) in [6.07, 6.45) is 0.609. The van der Waals surface area contributed by atoms with E-state index in [1.807, 2.05) is 0 Å². The molecule has 5 heteroatoms. The number of halogens is 1. The standard InChI is InChI=1S/C8H7ClO3S/c9-13(10,11)8-3-1-2-7-6(8)4-5-12-7/h1-3H,4-5H2. The molecular weight excluding hydrogens is 212 g/mol. The minimum Gasteiger partial charge on any atom is -0.493 e. The third-order valence-corrected chi connectivity index (χ3v) is 3.37. The molecule has 1 aliphatic heterocycles. The highest BCUT2D eigenvalue weighted by Gasteiger charge is 2.22. The molecule has 0 aromatic heterocycles. The van der Waals surface area contributed by atoms with Crippen LogP contribution in [-0.2, 0) is 15.5 Å². The molecule has 1 aromatic rings. The van der Waals surface area contributed by atoms with Crippen molar-refractivity contribution < 1.29 is 13.2 Å². The van der Waals surface area contributed by atoms with Crippen LogP contribution in [0.1, 0.15) is 5.56 Å². The Kier molecular flexibility index (Phi) is 1.96. The van der Waals surface area contributed by atoms with Gasteiger partial charge in [0.15, 0.2) is 0 Å². The first-order valence-electron chi connectivity index (χ1n) is 3.78. The summed E-state index contributed by atoms with van der Waals surface area (Å²) in [6.45, 7) is 0.527. The Morgan fingerprint density at radius 1 is 1.38 bits per heavy atom. The van der Waals surface area contributed by atoms with Crippen LogP contribution in [0.25, 0.3) is 0 Å². The summed E-state index contributed by atoms with van der Waals surface area (Å²) in [5, 5.41) is 0. The Labute approximate surface area is 80.7 Å². The lowest BCUT2D eigenvalue weighted by Crippen LogP contribution is -1.95. The fourth-order valence-electron chi connectivity index (χ4n) is 1.42. The van der Waals surface area contributed by atoms with E-state index in [0.29, 0.717) is 24.3 Å². The second-order valence-corrected chi connectivity index (χ2v) is 5.30. The highest BCUT2D eigenvalue weighted by Crippen LogP contribution is 2.32. The topological polar surface area (TPSA) is 43.4 Å². The van der Waals surface area contributed by atoms with Gasteiger partial charge in [-0.3, -0.25) is 0 Å². The molecule has 0 N–H and O–H groups in total. The Bertz CT molecular complexity index is 439. The summed E-state index contributed by atoms with van der Waals surface area (Å²) < 4.78 is 27.4. The van der Waals surface area contributed by atoms with Crippen LogP contribution in [-0.4, -0.2) is 15.0 Å². The lowest BCUT2D eigenvalue weighted by Gasteiger charge is -2.01. The monoisotopic (exact) mass is 218 g/mol. The molecule has 0 unspecified atom stereocenters. The van der Waals surface area contributed by atoms with E-state index < -0.39 is 9.05 Å². The smallest absolute Gasteiger partial charge is 0.261 e. The fraction of sp³-hybridized carbons (Fsp3) is 0.250. The van der Waals surface area contributed by atoms with Gasteiger partial charge in [-0.25, -0.2) is 8.42 Å². The SMILES string of the molecule is O=S(=O)(Cl)c1cccc2c1CCO2. The molecule has 0 atom stereocenters. The van der Waals surface area contributed by atoms with Crippen molar-refractivity contribution in [2.24, 2.45) is 0 Å². The van der Waals surface area contributed by atoms with Crippen molar-refractivity contribution in [3.63, 3.8) is 0 Å². The molecule has 0 bridgehead atoms. The lowest BCUT2D eigenvalue weighted by molar-refractivity contribution is 0.357. The number of fused-ring (bicyclic) bond motifs is 1. The second-order valence-electron chi connectivity index (χ2n) is 2.77. The van der Waals surface area contributed by atoms with Gasteiger partial charge >= 0.3 is 0 Å². The first-order valence-corrected chi connectivity index (χ1v) is 6.09. The largest absolute Gasteiger partial charge is 0.493 e. The molecule has 1 heterocycles. The van der Waals surface area contributed by atoms with Crippen LogP contribution in [0.15, 0.2) is 23.1 Å². The van der Waals surface area contributed by atoms with Gasteiger partial charge in [-0.15, -0.1) is 0 Å². The summed E-state index contributed by atoms with van der Waals surface area (Å²) in [5.74, 6) is 0.627. The van der Waals surface area contributed by atoms with Crippen molar-refractivity contribution in [1.82, 2.24) is 0 Å². The molecule has 70 valence electrons. The number of benzene rings is 1. The highest BCUT2D eigenvalue weighted by molar-refractivity contribution is 8.13. The van der Waals surface area contributed by atoms with Crippen molar-refractivity contribution in [3.05, 3.63) is 23.8 Å². The molecule has 3 nitrogen and oxygen atoms in total. The average molecular weight is 219 g/mol. The van der Waals surface area contributed by atoms with Crippen molar-refractivity contribution in [2.75, 3.05) is 6.61 Å². The van der Waals surface area contributed by atoms with Crippen molar-refractivity contribution in [3.8, 4) is 5.75 Å². The predicted molar refractivity (Wildman–Crippen MR) is 48.7 cm³/mol. The van der Waals surface area contributed by atoms with Crippen LogP contribution in [0.5, 0.6) is 5.75 Å². The van der Waals surface area contributed by atoms with Crippen molar-refractivity contribution in [1.29, 1.82) is 0 Å². The van der Waals surface area contributed by atoms with E-state index in [1.54, 1.807) is 12.1 Å². The Morgan fingerprint density at radius 3 is 2.85 bits per heavy atom. The van der Waals surface area contributed by atoms with E-state index >= 15 is 0 Å². The van der Waals surface area contributed by atoms with Gasteiger partial charge in [0.05, 0.1) is 11.5 Å². The zero-order chi connectivity index (χ0) is 9.47. The van der Waals surface area contributed by atoms with Gasteiger partial charge in [0, 0.05) is 22.7 Å². The fourth-order valence-corrected chi connectivity index (χ4v) is 2.59. The van der Waals surface area contributed by atoms with E-state index in [-0.39, 0.29) is 4.90 Å². The van der Waals surface area contributed by atoms with Crippen LogP contribution < -0.4 is 4.74 Å². The van der Waals surface area contributed by atoms with E-state index in [2.05, 4.69) is 0 Å². The zero-order valence-corrected chi connectivity index (χ0v) is 8.23. The third kappa shape index (κ3) is 1.51. The molecule has 1 aromatic carbocycles. The van der Waals surface area contributed by atoms with Crippen LogP contribution in [0.3, 0.4) is 0 Å². The number of ether oxygens (including phenoxy) is 1. The summed E-state index contributed by atoms with van der Waals surface area (Å²) in [5.41, 5.74) is 0.692. The summed E-state index contributed by atoms with van der Waals surface area (Å²) in [6, 6.07) is 4.86. The first kappa shape index (κ1) is 8.84. The van der Waals surface area contributed by atoms with Crippen LogP contribution >= 0.6 is 10.7 Å². The molecular formula is C8H7ClO3S. The Hall–Kier alpha value is -0.740. The van der Waals surface area contributed by atoms with E-state index in [1.165, 1.54) is 6.07 Å². The molecule has 2 rings (SSSR count). The molecule has 0 radical (unpaired) electrons. The van der Waals surface area contributed by atoms with Gasteiger partial charge in [0.25, 0.3) is 9.05 Å². The zero-order valence-electron chi connectivity index (χ0n) is 6.66. The molecule has 0 saturated carbocycles. The molecule has 0 saturated heterocycles. The molecule has 1 aliphatic rings. The maximum atomic E-state index is 11.1. The lowest BCUT2D eigenvalue weighted by atomic mass is 10.2. The predicted octanol–water partition coefficient (Wildman–Crippen LogP) is 1.55. The quantitative estimate of drug-likeness (QED) is 0.672. The minimum atomic E-state index is -3.64. The van der Waals surface area contributed by atoms with Crippen molar-refractivity contribution >= 4 is 19.7 Å². The van der Waals surface area contributed by atoms with Crippen LogP contribution in [0.4, 0.5) is 0 Å². The van der Waals surface area contributed by atoms with Gasteiger partial charge in [-0.1, -0.05) is 6.07 Å². The maximum absolute atomic E-state index is 11.1. The summed E-state index contributed by atoms with van der Waals surface area (Å²) in [4.78, 5) is 0.171. The molecule has 13 heavy (non-hydrogen) atoms. The van der Waals surface area contributed by atoms with Gasteiger partial charge in [0.1, 0.15) is 5.75 Å². The summed E-state index contributed by atoms with van der Waals surface area (Å²) in [7, 11) is 1.62. The number of rotatable bonds is 1. The van der Waals surface area contributed by atoms with Crippen LogP contribution in [0, 0.1) is 0 Å². The molecule has 0 fully saturated rings. The molecule has 0 spiro atoms. The second kappa shape index (κ2) is 2.89. The highest BCUT2D eigenvalue weighted by atomic mass is 35.7. The number of hydrogen-bond acceptors (Lipinski definition) is 3. The Balaban J connectivity index is 2.67. The summed E-state index contributed by atoms with van der Waals surface area (Å²) >= 11 is 0. The first-order chi connectivity index (χ1) is 6.09.